The fourth-order valence-corrected chi connectivity index (χ4v) is 4.24. The highest BCUT2D eigenvalue weighted by atomic mass is 35.5. The molecule has 0 saturated carbocycles. The molecule has 1 heterocycles. The van der Waals surface area contributed by atoms with Crippen LogP contribution < -0.4 is 21.1 Å². The summed E-state index contributed by atoms with van der Waals surface area (Å²) in [7, 11) is 0. The molecule has 1 amide bonds. The number of carbonyl (C=O) groups is 1. The van der Waals surface area contributed by atoms with Gasteiger partial charge in [0.1, 0.15) is 23.5 Å². The van der Waals surface area contributed by atoms with Gasteiger partial charge in [0, 0.05) is 23.2 Å². The average Bonchev–Trinajstić information content (AvgIpc) is 2.90. The molecule has 0 spiro atoms. The van der Waals surface area contributed by atoms with Gasteiger partial charge in [-0.05, 0) is 69.5 Å². The number of hydrogen-bond acceptors (Lipinski definition) is 7. The number of benzene rings is 2. The Hall–Kier alpha value is -3.76. The van der Waals surface area contributed by atoms with E-state index in [4.69, 9.17) is 22.1 Å². The first-order valence-electron chi connectivity index (χ1n) is 14.1. The van der Waals surface area contributed by atoms with Crippen molar-refractivity contribution in [2.24, 2.45) is 5.41 Å². The minimum Gasteiger partial charge on any atom is -0.456 e. The maximum absolute atomic E-state index is 14.8. The second kappa shape index (κ2) is 14.1. The van der Waals surface area contributed by atoms with Gasteiger partial charge in [-0.2, -0.15) is 0 Å². The summed E-state index contributed by atoms with van der Waals surface area (Å²) in [6.07, 6.45) is 7.65. The molecule has 1 aromatic heterocycles. The molecule has 0 saturated heterocycles. The summed E-state index contributed by atoms with van der Waals surface area (Å²) < 4.78 is 35.5. The number of hydrogen-bond donors (Lipinski definition) is 4. The summed E-state index contributed by atoms with van der Waals surface area (Å²) in [6.45, 7) is 8.20. The first-order valence-corrected chi connectivity index (χ1v) is 14.4. The van der Waals surface area contributed by atoms with E-state index < -0.39 is 16.9 Å². The van der Waals surface area contributed by atoms with Gasteiger partial charge in [0.05, 0.1) is 22.7 Å². The van der Waals surface area contributed by atoms with Crippen LogP contribution in [0.3, 0.4) is 0 Å². The van der Waals surface area contributed by atoms with Gasteiger partial charge < -0.3 is 26.2 Å². The molecular weight excluding hydrogens is 576 g/mol. The summed E-state index contributed by atoms with van der Waals surface area (Å²) >= 11 is 6.46. The first-order chi connectivity index (χ1) is 20.1. The van der Waals surface area contributed by atoms with Crippen LogP contribution in [0.5, 0.6) is 11.5 Å². The molecule has 0 aliphatic heterocycles. The summed E-state index contributed by atoms with van der Waals surface area (Å²) in [5.41, 5.74) is 5.39. The van der Waals surface area contributed by atoms with Gasteiger partial charge in [0.15, 0.2) is 5.82 Å². The van der Waals surface area contributed by atoms with E-state index in [1.54, 1.807) is 38.1 Å². The highest BCUT2D eigenvalue weighted by Crippen LogP contribution is 2.45. The van der Waals surface area contributed by atoms with E-state index in [2.05, 4.69) is 20.6 Å². The largest absolute Gasteiger partial charge is 0.456 e. The average molecular weight is 616 g/mol. The van der Waals surface area contributed by atoms with E-state index >= 15 is 0 Å². The van der Waals surface area contributed by atoms with E-state index in [1.807, 2.05) is 12.2 Å². The molecule has 3 rings (SSSR count). The van der Waals surface area contributed by atoms with Gasteiger partial charge in [0.25, 0.3) is 5.92 Å². The van der Waals surface area contributed by atoms with Gasteiger partial charge in [-0.1, -0.05) is 50.6 Å². The Labute approximate surface area is 256 Å². The minimum atomic E-state index is -3.05. The predicted molar refractivity (Wildman–Crippen MR) is 168 cm³/mol. The van der Waals surface area contributed by atoms with Gasteiger partial charge >= 0.3 is 0 Å². The Bertz CT molecular complexity index is 1440. The Morgan fingerprint density at radius 3 is 2.51 bits per heavy atom. The number of aliphatic hydroxyl groups is 1. The van der Waals surface area contributed by atoms with Crippen molar-refractivity contribution < 1.29 is 23.4 Å². The third kappa shape index (κ3) is 9.90. The molecule has 0 aliphatic rings. The second-order valence-electron chi connectivity index (χ2n) is 12.0. The van der Waals surface area contributed by atoms with E-state index in [0.29, 0.717) is 35.2 Å². The molecule has 0 unspecified atom stereocenters. The molecule has 8 nitrogen and oxygen atoms in total. The summed E-state index contributed by atoms with van der Waals surface area (Å²) in [4.78, 5) is 20.2. The molecule has 3 aromatic rings. The van der Waals surface area contributed by atoms with Crippen LogP contribution in [0.1, 0.15) is 71.6 Å². The highest BCUT2D eigenvalue weighted by Gasteiger charge is 2.44. The molecule has 2 aromatic carbocycles. The molecule has 5 N–H and O–H groups in total. The Morgan fingerprint density at radius 2 is 1.84 bits per heavy atom. The topological polar surface area (TPSA) is 122 Å². The number of aromatic nitrogens is 2. The Morgan fingerprint density at radius 1 is 1.09 bits per heavy atom. The Kier molecular flexibility index (Phi) is 11.1. The number of nitrogen functional groups attached to an aromatic ring is 1. The lowest BCUT2D eigenvalue weighted by molar-refractivity contribution is -0.124. The van der Waals surface area contributed by atoms with E-state index in [-0.39, 0.29) is 28.7 Å². The van der Waals surface area contributed by atoms with Crippen molar-refractivity contribution in [1.29, 1.82) is 0 Å². The SMILES string of the molecule is CC(C)(O)CC(=O)NCCCC/C=C\c1ncnc(Nc2ccc(Oc3cccc(C(F)(F)C(C)(C)C)c3)c(Cl)c2)c1N. The molecule has 0 bridgehead atoms. The van der Waals surface area contributed by atoms with Crippen LogP contribution in [-0.2, 0) is 10.7 Å². The standard InChI is InChI=1S/C32H40ClF2N5O3/c1-30(2,3)32(34,35)21-11-10-12-23(17-21)43-26-15-14-22(18-24(26)33)40-29-28(36)25(38-20-39-29)13-8-6-7-9-16-37-27(41)19-31(4,5)42/h8,10-15,17-18,20,42H,6-7,9,16,19,36H2,1-5H3,(H,37,41)(H,38,39,40)/b13-8-. The van der Waals surface area contributed by atoms with Crippen molar-refractivity contribution >= 4 is 40.8 Å². The number of anilines is 3. The maximum Gasteiger partial charge on any atom is 0.278 e. The van der Waals surface area contributed by atoms with Gasteiger partial charge in [-0.25, -0.2) is 18.7 Å². The van der Waals surface area contributed by atoms with Gasteiger partial charge in [-0.3, -0.25) is 4.79 Å². The van der Waals surface area contributed by atoms with Crippen LogP contribution in [0.4, 0.5) is 26.0 Å². The number of amides is 1. The van der Waals surface area contributed by atoms with Crippen LogP contribution in [0.2, 0.25) is 5.02 Å². The lowest BCUT2D eigenvalue weighted by Gasteiger charge is -2.30. The number of carbonyl (C=O) groups excluding carboxylic acids is 1. The van der Waals surface area contributed by atoms with Crippen LogP contribution in [0, 0.1) is 5.41 Å². The predicted octanol–water partition coefficient (Wildman–Crippen LogP) is 7.85. The van der Waals surface area contributed by atoms with Crippen LogP contribution in [0.15, 0.2) is 54.9 Å². The fourth-order valence-electron chi connectivity index (χ4n) is 4.02. The van der Waals surface area contributed by atoms with Crippen molar-refractivity contribution in [1.82, 2.24) is 15.3 Å². The van der Waals surface area contributed by atoms with Crippen molar-refractivity contribution in [3.05, 3.63) is 71.1 Å². The molecule has 0 radical (unpaired) electrons. The first kappa shape index (κ1) is 33.7. The number of nitrogens with one attached hydrogen (secondary N) is 2. The lowest BCUT2D eigenvalue weighted by atomic mass is 9.83. The summed E-state index contributed by atoms with van der Waals surface area (Å²) in [5, 5.41) is 15.9. The molecular formula is C32H40ClF2N5O3. The van der Waals surface area contributed by atoms with E-state index in [0.717, 1.165) is 19.3 Å². The normalized spacial score (nSPS) is 12.4. The minimum absolute atomic E-state index is 0.0659. The maximum atomic E-state index is 14.8. The van der Waals surface area contributed by atoms with Crippen LogP contribution in [0.25, 0.3) is 6.08 Å². The highest BCUT2D eigenvalue weighted by molar-refractivity contribution is 6.32. The zero-order valence-electron chi connectivity index (χ0n) is 25.2. The fraction of sp³-hybridized carbons (Fsp3) is 0.406. The third-order valence-corrected chi connectivity index (χ3v) is 6.76. The van der Waals surface area contributed by atoms with Crippen molar-refractivity contribution in [3.8, 4) is 11.5 Å². The van der Waals surface area contributed by atoms with E-state index in [9.17, 15) is 18.7 Å². The smallest absolute Gasteiger partial charge is 0.278 e. The summed E-state index contributed by atoms with van der Waals surface area (Å²) in [5.74, 6) is -2.27. The van der Waals surface area contributed by atoms with Crippen molar-refractivity contribution in [2.45, 2.75) is 71.8 Å². The zero-order chi connectivity index (χ0) is 31.8. The number of rotatable bonds is 13. The lowest BCUT2D eigenvalue weighted by Crippen LogP contribution is -2.32. The van der Waals surface area contributed by atoms with Gasteiger partial charge in [0.2, 0.25) is 5.91 Å². The molecule has 0 atom stereocenters. The summed E-state index contributed by atoms with van der Waals surface area (Å²) in [6, 6.07) is 10.8. The van der Waals surface area contributed by atoms with Crippen molar-refractivity contribution in [2.75, 3.05) is 17.6 Å². The zero-order valence-corrected chi connectivity index (χ0v) is 25.9. The number of nitrogens with zero attached hydrogens (tertiary/aromatic N) is 2. The molecule has 11 heteroatoms. The van der Waals surface area contributed by atoms with Crippen molar-refractivity contribution in [3.63, 3.8) is 0 Å². The number of unbranched alkanes of at least 4 members (excludes halogenated alkanes) is 2. The Balaban J connectivity index is 1.58. The second-order valence-corrected chi connectivity index (χ2v) is 12.4. The van der Waals surface area contributed by atoms with Gasteiger partial charge in [-0.15, -0.1) is 0 Å². The number of ether oxygens (including phenoxy) is 1. The van der Waals surface area contributed by atoms with E-state index in [1.165, 1.54) is 45.3 Å². The third-order valence-electron chi connectivity index (χ3n) is 6.46. The molecule has 232 valence electrons. The van der Waals surface area contributed by atoms with Crippen LogP contribution in [-0.4, -0.2) is 33.1 Å². The molecule has 43 heavy (non-hydrogen) atoms. The molecule has 0 fully saturated rings. The molecule has 0 aliphatic carbocycles. The number of allylic oxidation sites excluding steroid dienone is 1. The quantitative estimate of drug-likeness (QED) is 0.144. The number of nitrogens with two attached hydrogens (primary N) is 1. The number of halogens is 3. The number of alkyl halides is 2. The van der Waals surface area contributed by atoms with Crippen LogP contribution >= 0.6 is 11.6 Å². The monoisotopic (exact) mass is 615 g/mol.